The lowest BCUT2D eigenvalue weighted by Crippen LogP contribution is -2.44. The summed E-state index contributed by atoms with van der Waals surface area (Å²) >= 11 is 0. The van der Waals surface area contributed by atoms with E-state index in [9.17, 15) is 24.8 Å². The van der Waals surface area contributed by atoms with E-state index >= 15 is 0 Å². The van der Waals surface area contributed by atoms with Gasteiger partial charge in [-0.05, 0) is 42.3 Å². The Balaban J connectivity index is 1.59. The van der Waals surface area contributed by atoms with Crippen molar-refractivity contribution in [3.05, 3.63) is 112 Å². The highest BCUT2D eigenvalue weighted by molar-refractivity contribution is 6.07. The van der Waals surface area contributed by atoms with Crippen molar-refractivity contribution in [2.24, 2.45) is 5.92 Å². The second kappa shape index (κ2) is 10.7. The van der Waals surface area contributed by atoms with E-state index in [2.05, 4.69) is 5.32 Å². The number of carbonyl (C=O) groups is 2. The number of rotatable bonds is 9. The standard InChI is InChI=1S/C28H27N3O6/c1-19(7-5-6-16-32)28(35)24-17-23(31(36)37)14-15-25(24)30(27(28)34)18-20-10-12-22(13-11-20)29-26(33)21-8-3-2-4-9-21/h2-5,7-15,17,19,32,35H,6,16,18H2,1H3,(H,29,33)/b7-5+/t19-,28+/m0/s1. The summed E-state index contributed by atoms with van der Waals surface area (Å²) in [5.41, 5.74) is 0.181. The van der Waals surface area contributed by atoms with Gasteiger partial charge in [-0.15, -0.1) is 0 Å². The number of aliphatic hydroxyl groups is 2. The molecule has 2 atom stereocenters. The minimum atomic E-state index is -2.00. The van der Waals surface area contributed by atoms with E-state index in [1.807, 2.05) is 6.07 Å². The molecule has 190 valence electrons. The van der Waals surface area contributed by atoms with Gasteiger partial charge >= 0.3 is 0 Å². The van der Waals surface area contributed by atoms with Crippen LogP contribution in [0.5, 0.6) is 0 Å². The van der Waals surface area contributed by atoms with Gasteiger partial charge in [0.1, 0.15) is 0 Å². The molecule has 0 saturated carbocycles. The van der Waals surface area contributed by atoms with E-state index in [1.54, 1.807) is 67.6 Å². The van der Waals surface area contributed by atoms with Crippen molar-refractivity contribution in [1.82, 2.24) is 0 Å². The molecule has 2 amide bonds. The summed E-state index contributed by atoms with van der Waals surface area (Å²) < 4.78 is 0. The summed E-state index contributed by atoms with van der Waals surface area (Å²) in [7, 11) is 0. The van der Waals surface area contributed by atoms with Crippen molar-refractivity contribution in [2.45, 2.75) is 25.5 Å². The van der Waals surface area contributed by atoms with E-state index in [4.69, 9.17) is 5.11 Å². The van der Waals surface area contributed by atoms with Crippen molar-refractivity contribution < 1.29 is 24.7 Å². The molecular formula is C28H27N3O6. The molecule has 1 heterocycles. The van der Waals surface area contributed by atoms with Gasteiger partial charge in [-0.1, -0.05) is 49.4 Å². The smallest absolute Gasteiger partial charge is 0.269 e. The third-order valence-corrected chi connectivity index (χ3v) is 6.43. The van der Waals surface area contributed by atoms with Crippen molar-refractivity contribution in [2.75, 3.05) is 16.8 Å². The first kappa shape index (κ1) is 25.7. The number of hydrogen-bond acceptors (Lipinski definition) is 6. The van der Waals surface area contributed by atoms with Crippen LogP contribution in [0.2, 0.25) is 0 Å². The number of aliphatic hydroxyl groups excluding tert-OH is 1. The lowest BCUT2D eigenvalue weighted by atomic mass is 9.82. The normalized spacial score (nSPS) is 17.6. The molecule has 0 radical (unpaired) electrons. The van der Waals surface area contributed by atoms with Crippen LogP contribution in [0.25, 0.3) is 0 Å². The van der Waals surface area contributed by atoms with Gasteiger partial charge in [-0.25, -0.2) is 0 Å². The van der Waals surface area contributed by atoms with E-state index in [0.717, 1.165) is 5.56 Å². The lowest BCUT2D eigenvalue weighted by molar-refractivity contribution is -0.385. The molecule has 0 spiro atoms. The molecule has 1 aliphatic heterocycles. The Kier molecular flexibility index (Phi) is 7.47. The van der Waals surface area contributed by atoms with Crippen LogP contribution in [0.4, 0.5) is 17.1 Å². The molecular weight excluding hydrogens is 474 g/mol. The zero-order valence-electron chi connectivity index (χ0n) is 20.2. The van der Waals surface area contributed by atoms with Gasteiger partial charge in [0.05, 0.1) is 17.2 Å². The number of benzene rings is 3. The van der Waals surface area contributed by atoms with E-state index in [-0.39, 0.29) is 30.3 Å². The first-order valence-electron chi connectivity index (χ1n) is 11.8. The highest BCUT2D eigenvalue weighted by Crippen LogP contribution is 2.47. The molecule has 0 aromatic heterocycles. The molecule has 0 bridgehead atoms. The number of nitrogens with zero attached hydrogens (tertiary/aromatic N) is 2. The first-order valence-corrected chi connectivity index (χ1v) is 11.8. The third kappa shape index (κ3) is 5.13. The van der Waals surface area contributed by atoms with Gasteiger partial charge in [-0.3, -0.25) is 19.7 Å². The van der Waals surface area contributed by atoms with Crippen molar-refractivity contribution in [1.29, 1.82) is 0 Å². The summed E-state index contributed by atoms with van der Waals surface area (Å²) in [5.74, 6) is -1.54. The number of amides is 2. The predicted molar refractivity (Wildman–Crippen MR) is 139 cm³/mol. The fraction of sp³-hybridized carbons (Fsp3) is 0.214. The predicted octanol–water partition coefficient (Wildman–Crippen LogP) is 4.16. The second-order valence-corrected chi connectivity index (χ2v) is 8.86. The van der Waals surface area contributed by atoms with Crippen molar-refractivity contribution in [3.8, 4) is 0 Å². The Morgan fingerprint density at radius 2 is 1.84 bits per heavy atom. The fourth-order valence-corrected chi connectivity index (χ4v) is 4.39. The molecule has 0 aliphatic carbocycles. The fourth-order valence-electron chi connectivity index (χ4n) is 4.39. The quantitative estimate of drug-likeness (QED) is 0.229. The molecule has 0 fully saturated rings. The van der Waals surface area contributed by atoms with Crippen molar-refractivity contribution in [3.63, 3.8) is 0 Å². The highest BCUT2D eigenvalue weighted by Gasteiger charge is 2.53. The van der Waals surface area contributed by atoms with Gasteiger partial charge < -0.3 is 20.4 Å². The molecule has 3 aromatic carbocycles. The van der Waals surface area contributed by atoms with Gasteiger partial charge in [-0.2, -0.15) is 0 Å². The number of fused-ring (bicyclic) bond motifs is 1. The van der Waals surface area contributed by atoms with Crippen LogP contribution in [0.15, 0.2) is 84.9 Å². The third-order valence-electron chi connectivity index (χ3n) is 6.43. The highest BCUT2D eigenvalue weighted by atomic mass is 16.6. The molecule has 37 heavy (non-hydrogen) atoms. The molecule has 4 rings (SSSR count). The second-order valence-electron chi connectivity index (χ2n) is 8.86. The van der Waals surface area contributed by atoms with Gasteiger partial charge in [0, 0.05) is 41.5 Å². The maximum absolute atomic E-state index is 13.6. The minimum absolute atomic E-state index is 0.0778. The molecule has 0 unspecified atom stereocenters. The maximum Gasteiger partial charge on any atom is 0.269 e. The number of nitro benzene ring substituents is 1. The Morgan fingerprint density at radius 3 is 2.49 bits per heavy atom. The van der Waals surface area contributed by atoms with Crippen LogP contribution in [-0.4, -0.2) is 33.6 Å². The summed E-state index contributed by atoms with van der Waals surface area (Å²) in [6.45, 7) is 1.69. The van der Waals surface area contributed by atoms with E-state index in [0.29, 0.717) is 23.4 Å². The number of hydrogen-bond donors (Lipinski definition) is 3. The van der Waals surface area contributed by atoms with Crippen LogP contribution in [0.1, 0.15) is 34.8 Å². The topological polar surface area (TPSA) is 133 Å². The molecule has 3 N–H and O–H groups in total. The number of nitrogens with one attached hydrogen (secondary N) is 1. The van der Waals surface area contributed by atoms with Crippen LogP contribution in [0, 0.1) is 16.0 Å². The molecule has 9 nitrogen and oxygen atoms in total. The largest absolute Gasteiger partial charge is 0.396 e. The number of nitro groups is 1. The number of carbonyl (C=O) groups excluding carboxylic acids is 2. The molecule has 1 aliphatic rings. The van der Waals surface area contributed by atoms with E-state index in [1.165, 1.54) is 23.1 Å². The van der Waals surface area contributed by atoms with Crippen LogP contribution in [0.3, 0.4) is 0 Å². The van der Waals surface area contributed by atoms with Crippen LogP contribution >= 0.6 is 0 Å². The van der Waals surface area contributed by atoms with Crippen LogP contribution in [-0.2, 0) is 16.9 Å². The molecule has 3 aromatic rings. The monoisotopic (exact) mass is 501 g/mol. The average molecular weight is 502 g/mol. The Bertz CT molecular complexity index is 1340. The minimum Gasteiger partial charge on any atom is -0.396 e. The van der Waals surface area contributed by atoms with Crippen LogP contribution < -0.4 is 10.2 Å². The Labute approximate surface area is 213 Å². The lowest BCUT2D eigenvalue weighted by Gasteiger charge is -2.27. The summed E-state index contributed by atoms with van der Waals surface area (Å²) in [4.78, 5) is 38.2. The Hall–Kier alpha value is -4.34. The first-order chi connectivity index (χ1) is 17.8. The van der Waals surface area contributed by atoms with Gasteiger partial charge in [0.2, 0.25) is 0 Å². The van der Waals surface area contributed by atoms with E-state index < -0.39 is 22.3 Å². The van der Waals surface area contributed by atoms with Gasteiger partial charge in [0.15, 0.2) is 5.60 Å². The summed E-state index contributed by atoms with van der Waals surface area (Å²) in [5, 5.41) is 34.9. The van der Waals surface area contributed by atoms with Crippen molar-refractivity contribution >= 4 is 28.9 Å². The summed E-state index contributed by atoms with van der Waals surface area (Å²) in [6, 6.07) is 19.8. The Morgan fingerprint density at radius 1 is 1.14 bits per heavy atom. The molecule has 9 heteroatoms. The zero-order valence-corrected chi connectivity index (χ0v) is 20.2. The molecule has 0 saturated heterocycles. The average Bonchev–Trinajstić information content (AvgIpc) is 3.12. The SMILES string of the molecule is C[C@@H](/C=C/CCO)[C@]1(O)C(=O)N(Cc2ccc(NC(=O)c3ccccc3)cc2)c2ccc([N+](=O)[O-])cc21. The zero-order chi connectivity index (χ0) is 26.6. The summed E-state index contributed by atoms with van der Waals surface area (Å²) in [6.07, 6.45) is 3.65. The van der Waals surface area contributed by atoms with Gasteiger partial charge in [0.25, 0.3) is 17.5 Å². The number of anilines is 2. The maximum atomic E-state index is 13.6. The number of non-ortho nitro benzene ring substituents is 1.